The molecule has 0 saturated carbocycles. The summed E-state index contributed by atoms with van der Waals surface area (Å²) in [5.41, 5.74) is 0.590. The van der Waals surface area contributed by atoms with Gasteiger partial charge in [0.05, 0.1) is 0 Å². The maximum atomic E-state index is 13.0. The summed E-state index contributed by atoms with van der Waals surface area (Å²) >= 11 is 14.8. The highest BCUT2D eigenvalue weighted by Gasteiger charge is 2.27. The van der Waals surface area contributed by atoms with E-state index in [0.717, 1.165) is 3.57 Å². The summed E-state index contributed by atoms with van der Waals surface area (Å²) in [6.07, 6.45) is 0. The number of ether oxygens (including phenoxy) is 1. The minimum Gasteiger partial charge on any atom is -0.484 e. The zero-order chi connectivity index (χ0) is 22.3. The fourth-order valence-electron chi connectivity index (χ4n) is 2.65. The SMILES string of the molecule is CC(C)CNC(=O)C(C)N(Cc1c(Cl)cccc1Cl)C(=O)COc1ccc(I)cc1. The molecule has 0 radical (unpaired) electrons. The number of carbonyl (C=O) groups excluding carboxylic acids is 2. The summed E-state index contributed by atoms with van der Waals surface area (Å²) in [5.74, 6) is 0.301. The van der Waals surface area contributed by atoms with Gasteiger partial charge < -0.3 is 15.0 Å². The van der Waals surface area contributed by atoms with Crippen molar-refractivity contribution in [3.63, 3.8) is 0 Å². The standard InChI is InChI=1S/C22H25Cl2IN2O3/c1-14(2)11-26-22(29)15(3)27(12-18-19(23)5-4-6-20(18)24)21(28)13-30-17-9-7-16(25)8-10-17/h4-10,14-15H,11-13H2,1-3H3,(H,26,29). The molecule has 1 unspecified atom stereocenters. The summed E-state index contributed by atoms with van der Waals surface area (Å²) in [7, 11) is 0. The molecule has 1 atom stereocenters. The Morgan fingerprint density at radius 3 is 2.23 bits per heavy atom. The van der Waals surface area contributed by atoms with Crippen molar-refractivity contribution in [1.82, 2.24) is 10.2 Å². The minimum absolute atomic E-state index is 0.101. The number of halogens is 3. The van der Waals surface area contributed by atoms with Crippen LogP contribution in [-0.4, -0.2) is 35.9 Å². The van der Waals surface area contributed by atoms with Crippen LogP contribution >= 0.6 is 45.8 Å². The van der Waals surface area contributed by atoms with Crippen molar-refractivity contribution in [3.8, 4) is 5.75 Å². The molecule has 0 aromatic heterocycles. The Bertz CT molecular complexity index is 855. The molecule has 0 saturated heterocycles. The van der Waals surface area contributed by atoms with Gasteiger partial charge >= 0.3 is 0 Å². The van der Waals surface area contributed by atoms with Crippen LogP contribution in [-0.2, 0) is 16.1 Å². The fourth-order valence-corrected chi connectivity index (χ4v) is 3.52. The molecular formula is C22H25Cl2IN2O3. The third-order valence-electron chi connectivity index (χ3n) is 4.42. The lowest BCUT2D eigenvalue weighted by molar-refractivity contribution is -0.142. The largest absolute Gasteiger partial charge is 0.484 e. The van der Waals surface area contributed by atoms with Crippen LogP contribution in [0.15, 0.2) is 42.5 Å². The topological polar surface area (TPSA) is 58.6 Å². The van der Waals surface area contributed by atoms with E-state index < -0.39 is 6.04 Å². The van der Waals surface area contributed by atoms with Crippen molar-refractivity contribution < 1.29 is 14.3 Å². The van der Waals surface area contributed by atoms with Crippen molar-refractivity contribution in [2.45, 2.75) is 33.4 Å². The monoisotopic (exact) mass is 562 g/mol. The van der Waals surface area contributed by atoms with Gasteiger partial charge in [0.15, 0.2) is 6.61 Å². The van der Waals surface area contributed by atoms with Crippen LogP contribution < -0.4 is 10.1 Å². The minimum atomic E-state index is -0.719. The molecule has 2 aromatic carbocycles. The van der Waals surface area contributed by atoms with Gasteiger partial charge in [0.2, 0.25) is 5.91 Å². The lowest BCUT2D eigenvalue weighted by Gasteiger charge is -2.29. The van der Waals surface area contributed by atoms with Gasteiger partial charge in [-0.15, -0.1) is 0 Å². The number of nitrogens with zero attached hydrogens (tertiary/aromatic N) is 1. The van der Waals surface area contributed by atoms with Crippen molar-refractivity contribution in [2.24, 2.45) is 5.92 Å². The number of nitrogens with one attached hydrogen (secondary N) is 1. The first-order valence-corrected chi connectivity index (χ1v) is 11.4. The molecule has 5 nitrogen and oxygen atoms in total. The predicted molar refractivity (Wildman–Crippen MR) is 129 cm³/mol. The molecule has 162 valence electrons. The maximum Gasteiger partial charge on any atom is 0.261 e. The Balaban J connectivity index is 2.19. The van der Waals surface area contributed by atoms with Gasteiger partial charge in [0, 0.05) is 32.3 Å². The van der Waals surface area contributed by atoms with E-state index in [-0.39, 0.29) is 25.0 Å². The van der Waals surface area contributed by atoms with Crippen molar-refractivity contribution in [3.05, 3.63) is 61.6 Å². The summed E-state index contributed by atoms with van der Waals surface area (Å²) < 4.78 is 6.70. The van der Waals surface area contributed by atoms with Crippen molar-refractivity contribution in [2.75, 3.05) is 13.2 Å². The Morgan fingerprint density at radius 1 is 1.07 bits per heavy atom. The Labute approximate surface area is 201 Å². The van der Waals surface area contributed by atoms with Gasteiger partial charge in [-0.2, -0.15) is 0 Å². The molecule has 0 fully saturated rings. The van der Waals surface area contributed by atoms with Gasteiger partial charge in [0.1, 0.15) is 11.8 Å². The first-order chi connectivity index (χ1) is 14.2. The summed E-state index contributed by atoms with van der Waals surface area (Å²) in [5, 5.41) is 3.75. The zero-order valence-corrected chi connectivity index (χ0v) is 20.8. The molecule has 2 amide bonds. The molecule has 30 heavy (non-hydrogen) atoms. The molecule has 2 rings (SSSR count). The number of amides is 2. The van der Waals surface area contributed by atoms with Crippen molar-refractivity contribution in [1.29, 1.82) is 0 Å². The van der Waals surface area contributed by atoms with E-state index in [2.05, 4.69) is 27.9 Å². The number of rotatable bonds is 9. The quantitative estimate of drug-likeness (QED) is 0.429. The number of benzene rings is 2. The average molecular weight is 563 g/mol. The number of carbonyl (C=O) groups is 2. The molecule has 0 aliphatic heterocycles. The molecular weight excluding hydrogens is 538 g/mol. The van der Waals surface area contributed by atoms with E-state index in [9.17, 15) is 9.59 Å². The second-order valence-corrected chi connectivity index (χ2v) is 9.34. The number of hydrogen-bond donors (Lipinski definition) is 1. The third-order valence-corrected chi connectivity index (χ3v) is 5.85. The van der Waals surface area contributed by atoms with E-state index in [0.29, 0.717) is 33.8 Å². The van der Waals surface area contributed by atoms with Gasteiger partial charge in [-0.05, 0) is 71.8 Å². The zero-order valence-electron chi connectivity index (χ0n) is 17.1. The van der Waals surface area contributed by atoms with Crippen LogP contribution in [0.5, 0.6) is 5.75 Å². The van der Waals surface area contributed by atoms with Crippen LogP contribution in [0.4, 0.5) is 0 Å². The van der Waals surface area contributed by atoms with Crippen molar-refractivity contribution >= 4 is 57.6 Å². The average Bonchev–Trinajstić information content (AvgIpc) is 2.70. The lowest BCUT2D eigenvalue weighted by Crippen LogP contribution is -2.49. The van der Waals surface area contributed by atoms with Crippen LogP contribution in [0, 0.1) is 9.49 Å². The maximum absolute atomic E-state index is 13.0. The van der Waals surface area contributed by atoms with E-state index in [1.807, 2.05) is 26.0 Å². The first kappa shape index (κ1) is 24.8. The molecule has 0 bridgehead atoms. The predicted octanol–water partition coefficient (Wildman–Crippen LogP) is 5.17. The van der Waals surface area contributed by atoms with E-state index in [1.54, 1.807) is 37.3 Å². The van der Waals surface area contributed by atoms with E-state index in [4.69, 9.17) is 27.9 Å². The summed E-state index contributed by atoms with van der Waals surface area (Å²) in [6.45, 7) is 6.12. The molecule has 0 aliphatic rings. The van der Waals surface area contributed by atoms with Gasteiger partial charge in [-0.3, -0.25) is 9.59 Å². The van der Waals surface area contributed by atoms with Crippen LogP contribution in [0.2, 0.25) is 10.0 Å². The van der Waals surface area contributed by atoms with Gasteiger partial charge in [-0.1, -0.05) is 43.1 Å². The lowest BCUT2D eigenvalue weighted by atomic mass is 10.1. The van der Waals surface area contributed by atoms with Gasteiger partial charge in [0.25, 0.3) is 5.91 Å². The molecule has 0 aliphatic carbocycles. The second kappa shape index (κ2) is 11.8. The Hall–Kier alpha value is -1.51. The fraction of sp³-hybridized carbons (Fsp3) is 0.364. The third kappa shape index (κ3) is 7.32. The van der Waals surface area contributed by atoms with Crippen LogP contribution in [0.1, 0.15) is 26.3 Å². The molecule has 0 heterocycles. The van der Waals surface area contributed by atoms with E-state index in [1.165, 1.54) is 4.90 Å². The Morgan fingerprint density at radius 2 is 1.67 bits per heavy atom. The van der Waals surface area contributed by atoms with Crippen LogP contribution in [0.25, 0.3) is 0 Å². The van der Waals surface area contributed by atoms with Gasteiger partial charge in [-0.25, -0.2) is 0 Å². The highest BCUT2D eigenvalue weighted by Crippen LogP contribution is 2.26. The first-order valence-electron chi connectivity index (χ1n) is 9.57. The number of hydrogen-bond acceptors (Lipinski definition) is 3. The summed E-state index contributed by atoms with van der Waals surface area (Å²) in [4.78, 5) is 27.1. The molecule has 0 spiro atoms. The highest BCUT2D eigenvalue weighted by atomic mass is 127. The summed E-state index contributed by atoms with van der Waals surface area (Å²) in [6, 6.07) is 11.8. The molecule has 8 heteroatoms. The molecule has 2 aromatic rings. The normalized spacial score (nSPS) is 11.8. The van der Waals surface area contributed by atoms with Crippen LogP contribution in [0.3, 0.4) is 0 Å². The molecule has 1 N–H and O–H groups in total. The second-order valence-electron chi connectivity index (χ2n) is 7.28. The smallest absolute Gasteiger partial charge is 0.261 e. The highest BCUT2D eigenvalue weighted by molar-refractivity contribution is 14.1. The van der Waals surface area contributed by atoms with E-state index >= 15 is 0 Å². The Kier molecular flexibility index (Phi) is 9.71.